The van der Waals surface area contributed by atoms with E-state index in [-0.39, 0.29) is 12.5 Å². The summed E-state index contributed by atoms with van der Waals surface area (Å²) in [5.74, 6) is 0.632. The van der Waals surface area contributed by atoms with Gasteiger partial charge in [-0.15, -0.1) is 0 Å². The normalized spacial score (nSPS) is 10.6. The van der Waals surface area contributed by atoms with Crippen LogP contribution in [-0.4, -0.2) is 18.4 Å². The number of aromatic nitrogens is 1. The predicted molar refractivity (Wildman–Crippen MR) is 76.7 cm³/mol. The molecule has 0 unspecified atom stereocenters. The third kappa shape index (κ3) is 2.63. The van der Waals surface area contributed by atoms with Crippen molar-refractivity contribution in [3.63, 3.8) is 0 Å². The minimum Gasteiger partial charge on any atom is -0.493 e. The Morgan fingerprint density at radius 2 is 2.18 bits per heavy atom. The molecule has 112 valence electrons. The molecule has 0 amide bonds. The molecule has 3 rings (SSSR count). The largest absolute Gasteiger partial charge is 0.493 e. The molecule has 2 aromatic carbocycles. The highest BCUT2D eigenvalue weighted by Gasteiger charge is 2.13. The van der Waals surface area contributed by atoms with E-state index in [9.17, 15) is 9.18 Å². The molecule has 5 nitrogen and oxygen atoms in total. The number of ether oxygens (including phenoxy) is 2. The van der Waals surface area contributed by atoms with Crippen molar-refractivity contribution in [3.05, 3.63) is 53.7 Å². The van der Waals surface area contributed by atoms with Gasteiger partial charge in [-0.3, -0.25) is 4.79 Å². The number of hydrogen-bond donors (Lipinski definition) is 0. The predicted octanol–water partition coefficient (Wildman–Crippen LogP) is 3.37. The highest BCUT2D eigenvalue weighted by atomic mass is 19.1. The number of methoxy groups -OCH3 is 1. The van der Waals surface area contributed by atoms with E-state index >= 15 is 0 Å². The zero-order chi connectivity index (χ0) is 15.5. The minimum absolute atomic E-state index is 0.00247. The van der Waals surface area contributed by atoms with Crippen molar-refractivity contribution in [1.29, 1.82) is 0 Å². The molecule has 1 heterocycles. The lowest BCUT2D eigenvalue weighted by Gasteiger charge is -2.10. The summed E-state index contributed by atoms with van der Waals surface area (Å²) in [5, 5.41) is 0. The zero-order valence-electron chi connectivity index (χ0n) is 11.7. The van der Waals surface area contributed by atoms with E-state index in [1.54, 1.807) is 18.2 Å². The van der Waals surface area contributed by atoms with Crippen LogP contribution < -0.4 is 9.47 Å². The van der Waals surface area contributed by atoms with Gasteiger partial charge in [0, 0.05) is 6.07 Å². The van der Waals surface area contributed by atoms with E-state index in [4.69, 9.17) is 13.9 Å². The number of fused-ring (bicyclic) bond motifs is 1. The van der Waals surface area contributed by atoms with Gasteiger partial charge in [0.05, 0.1) is 12.7 Å². The number of benzene rings is 2. The third-order valence-electron chi connectivity index (χ3n) is 3.09. The second-order valence-electron chi connectivity index (χ2n) is 4.50. The molecule has 0 aliphatic heterocycles. The first-order valence-electron chi connectivity index (χ1n) is 6.51. The number of nitrogens with zero attached hydrogens (tertiary/aromatic N) is 1. The Bertz CT molecular complexity index is 828. The maximum atomic E-state index is 13.1. The van der Waals surface area contributed by atoms with Gasteiger partial charge >= 0.3 is 0 Å². The maximum absolute atomic E-state index is 13.1. The lowest BCUT2D eigenvalue weighted by atomic mass is 10.2. The summed E-state index contributed by atoms with van der Waals surface area (Å²) in [5.41, 5.74) is 1.24. The molecule has 0 saturated heterocycles. The maximum Gasteiger partial charge on any atom is 0.233 e. The van der Waals surface area contributed by atoms with E-state index in [0.717, 1.165) is 0 Å². The van der Waals surface area contributed by atoms with Crippen LogP contribution in [0, 0.1) is 5.82 Å². The standard InChI is InChI=1S/C16H12FNO4/c1-20-13-4-2-3-10(8-19)16(13)21-9-15-18-12-6-5-11(17)7-14(12)22-15/h2-8H,9H2,1H3. The van der Waals surface area contributed by atoms with Crippen molar-refractivity contribution in [2.75, 3.05) is 7.11 Å². The summed E-state index contributed by atoms with van der Waals surface area (Å²) in [6, 6.07) is 9.08. The van der Waals surface area contributed by atoms with Gasteiger partial charge in [-0.2, -0.15) is 0 Å². The Kier molecular flexibility index (Phi) is 3.74. The average Bonchev–Trinajstić information content (AvgIpc) is 2.94. The lowest BCUT2D eigenvalue weighted by Crippen LogP contribution is -2.00. The van der Waals surface area contributed by atoms with Crippen LogP contribution in [-0.2, 0) is 6.61 Å². The quantitative estimate of drug-likeness (QED) is 0.676. The Hall–Kier alpha value is -2.89. The monoisotopic (exact) mass is 301 g/mol. The molecule has 1 aromatic heterocycles. The van der Waals surface area contributed by atoms with Crippen LogP contribution in [0.3, 0.4) is 0 Å². The smallest absolute Gasteiger partial charge is 0.233 e. The van der Waals surface area contributed by atoms with Crippen LogP contribution in [0.5, 0.6) is 11.5 Å². The molecule has 22 heavy (non-hydrogen) atoms. The number of para-hydroxylation sites is 1. The van der Waals surface area contributed by atoms with E-state index in [0.29, 0.717) is 34.4 Å². The van der Waals surface area contributed by atoms with Gasteiger partial charge in [-0.1, -0.05) is 6.07 Å². The van der Waals surface area contributed by atoms with Gasteiger partial charge in [0.15, 0.2) is 30.0 Å². The molecule has 0 N–H and O–H groups in total. The van der Waals surface area contributed by atoms with E-state index in [1.165, 1.54) is 25.3 Å². The molecule has 0 aliphatic rings. The highest BCUT2D eigenvalue weighted by Crippen LogP contribution is 2.31. The van der Waals surface area contributed by atoms with E-state index in [1.807, 2.05) is 0 Å². The number of hydrogen-bond acceptors (Lipinski definition) is 5. The van der Waals surface area contributed by atoms with Gasteiger partial charge in [0.1, 0.15) is 11.3 Å². The van der Waals surface area contributed by atoms with Crippen molar-refractivity contribution >= 4 is 17.4 Å². The first kappa shape index (κ1) is 14.1. The highest BCUT2D eigenvalue weighted by molar-refractivity contribution is 5.81. The summed E-state index contributed by atoms with van der Waals surface area (Å²) in [7, 11) is 1.49. The van der Waals surface area contributed by atoms with E-state index < -0.39 is 5.82 Å². The molecule has 0 fully saturated rings. The van der Waals surface area contributed by atoms with E-state index in [2.05, 4.69) is 4.98 Å². The Morgan fingerprint density at radius 3 is 2.95 bits per heavy atom. The molecule has 0 bridgehead atoms. The second kappa shape index (κ2) is 5.85. The van der Waals surface area contributed by atoms with Gasteiger partial charge < -0.3 is 13.9 Å². The van der Waals surface area contributed by atoms with Crippen molar-refractivity contribution in [2.24, 2.45) is 0 Å². The molecular weight excluding hydrogens is 289 g/mol. The van der Waals surface area contributed by atoms with Crippen LogP contribution in [0.2, 0.25) is 0 Å². The molecule has 3 aromatic rings. The first-order valence-corrected chi connectivity index (χ1v) is 6.51. The van der Waals surface area contributed by atoms with Crippen LogP contribution >= 0.6 is 0 Å². The topological polar surface area (TPSA) is 61.6 Å². The molecule has 0 spiro atoms. The summed E-state index contributed by atoms with van der Waals surface area (Å²) in [4.78, 5) is 15.3. The average molecular weight is 301 g/mol. The fraction of sp³-hybridized carbons (Fsp3) is 0.125. The number of halogens is 1. The van der Waals surface area contributed by atoms with Crippen molar-refractivity contribution in [1.82, 2.24) is 4.98 Å². The molecule has 0 saturated carbocycles. The number of aldehydes is 1. The van der Waals surface area contributed by atoms with Crippen molar-refractivity contribution in [3.8, 4) is 11.5 Å². The van der Waals surface area contributed by atoms with Crippen molar-refractivity contribution < 1.29 is 23.1 Å². The Labute approximate surface area is 125 Å². The number of carbonyl (C=O) groups is 1. The first-order chi connectivity index (χ1) is 10.7. The van der Waals surface area contributed by atoms with Gasteiger partial charge in [-0.25, -0.2) is 9.37 Å². The minimum atomic E-state index is -0.399. The summed E-state index contributed by atoms with van der Waals surface area (Å²) in [6.07, 6.45) is 0.680. The van der Waals surface area contributed by atoms with Gasteiger partial charge in [0.25, 0.3) is 0 Å². The fourth-order valence-electron chi connectivity index (χ4n) is 2.08. The molecule has 6 heteroatoms. The molecular formula is C16H12FNO4. The summed E-state index contributed by atoms with van der Waals surface area (Å²) < 4.78 is 29.3. The molecule has 0 aliphatic carbocycles. The SMILES string of the molecule is COc1cccc(C=O)c1OCc1nc2ccc(F)cc2o1. The van der Waals surface area contributed by atoms with Gasteiger partial charge in [0.2, 0.25) is 5.89 Å². The van der Waals surface area contributed by atoms with Crippen LogP contribution in [0.1, 0.15) is 16.2 Å². The lowest BCUT2D eigenvalue weighted by molar-refractivity contribution is 0.111. The van der Waals surface area contributed by atoms with Gasteiger partial charge in [-0.05, 0) is 24.3 Å². The second-order valence-corrected chi connectivity index (χ2v) is 4.50. The van der Waals surface area contributed by atoms with Crippen molar-refractivity contribution in [2.45, 2.75) is 6.61 Å². The van der Waals surface area contributed by atoms with Crippen LogP contribution in [0.15, 0.2) is 40.8 Å². The van der Waals surface area contributed by atoms with Crippen LogP contribution in [0.4, 0.5) is 4.39 Å². The van der Waals surface area contributed by atoms with Crippen LogP contribution in [0.25, 0.3) is 11.1 Å². The summed E-state index contributed by atoms with van der Waals surface area (Å²) in [6.45, 7) is -0.00247. The number of carbonyl (C=O) groups excluding carboxylic acids is 1. The molecule has 0 atom stereocenters. The number of oxazole rings is 1. The zero-order valence-corrected chi connectivity index (χ0v) is 11.7. The third-order valence-corrected chi connectivity index (χ3v) is 3.09. The Morgan fingerprint density at radius 1 is 1.32 bits per heavy atom. The molecule has 0 radical (unpaired) electrons. The number of rotatable bonds is 5. The fourth-order valence-corrected chi connectivity index (χ4v) is 2.08. The summed E-state index contributed by atoms with van der Waals surface area (Å²) >= 11 is 0. The Balaban J connectivity index is 1.86.